The Morgan fingerprint density at radius 2 is 1.95 bits per heavy atom. The van der Waals surface area contributed by atoms with Crippen LogP contribution in [0.3, 0.4) is 0 Å². The quantitative estimate of drug-likeness (QED) is 0.316. The molecule has 192 valence electrons. The Balaban J connectivity index is 1.48. The van der Waals surface area contributed by atoms with Crippen LogP contribution in [0, 0.1) is 11.6 Å². The van der Waals surface area contributed by atoms with E-state index in [0.717, 1.165) is 16.9 Å². The lowest BCUT2D eigenvalue weighted by Gasteiger charge is -2.16. The molecule has 3 aromatic heterocycles. The van der Waals surface area contributed by atoms with Crippen molar-refractivity contribution < 1.29 is 27.6 Å². The van der Waals surface area contributed by atoms with Gasteiger partial charge >= 0.3 is 11.9 Å². The third kappa shape index (κ3) is 5.61. The number of hydrogen-bond donors (Lipinski definition) is 3. The van der Waals surface area contributed by atoms with E-state index in [1.165, 1.54) is 39.4 Å². The van der Waals surface area contributed by atoms with E-state index in [0.29, 0.717) is 0 Å². The fourth-order valence-electron chi connectivity index (χ4n) is 3.27. The lowest BCUT2D eigenvalue weighted by Crippen LogP contribution is -2.47. The molecule has 0 aliphatic heterocycles. The van der Waals surface area contributed by atoms with Gasteiger partial charge in [-0.2, -0.15) is 4.80 Å². The number of methoxy groups -OCH3 is 1. The van der Waals surface area contributed by atoms with Crippen LogP contribution in [-0.4, -0.2) is 49.4 Å². The predicted octanol–water partition coefficient (Wildman–Crippen LogP) is 2.57. The predicted molar refractivity (Wildman–Crippen MR) is 123 cm³/mol. The number of pyridine rings is 1. The summed E-state index contributed by atoms with van der Waals surface area (Å²) in [5.74, 6) is -2.46. The standard InChI is InChI=1S/C21H18ClF2N9O4/c1-9(26-21(35)29-28-20(34)15-7-16(36-3)31-37-15)18-14(24)4-10(8-25-18)12-5-11(22)6-13(23)17(12)19-27-32-33(2)30-19/h4-9H,1-3H3,(H,28,34)(H2,26,29,35)/t9-/m1/s1. The Morgan fingerprint density at radius 3 is 2.59 bits per heavy atom. The van der Waals surface area contributed by atoms with E-state index in [-0.39, 0.29) is 44.9 Å². The van der Waals surface area contributed by atoms with E-state index in [2.05, 4.69) is 41.7 Å². The van der Waals surface area contributed by atoms with Crippen molar-refractivity contribution in [1.82, 2.24) is 46.5 Å². The Labute approximate surface area is 212 Å². The van der Waals surface area contributed by atoms with E-state index in [4.69, 9.17) is 20.9 Å². The number of urea groups is 1. The molecule has 0 aliphatic carbocycles. The molecule has 13 nitrogen and oxygen atoms in total. The molecule has 0 bridgehead atoms. The molecule has 1 aromatic carbocycles. The molecule has 0 spiro atoms. The lowest BCUT2D eigenvalue weighted by atomic mass is 9.99. The number of aromatic nitrogens is 6. The number of benzene rings is 1. The Morgan fingerprint density at radius 1 is 1.16 bits per heavy atom. The van der Waals surface area contributed by atoms with Crippen molar-refractivity contribution in [1.29, 1.82) is 0 Å². The maximum absolute atomic E-state index is 15.0. The van der Waals surface area contributed by atoms with E-state index < -0.39 is 29.6 Å². The van der Waals surface area contributed by atoms with Crippen LogP contribution in [0.25, 0.3) is 22.5 Å². The molecule has 0 saturated heterocycles. The summed E-state index contributed by atoms with van der Waals surface area (Å²) in [6.45, 7) is 1.47. The molecule has 4 rings (SSSR count). The number of tetrazole rings is 1. The van der Waals surface area contributed by atoms with Crippen LogP contribution < -0.4 is 20.9 Å². The van der Waals surface area contributed by atoms with E-state index in [1.807, 2.05) is 0 Å². The minimum absolute atomic E-state index is 0.0197. The first-order valence-corrected chi connectivity index (χ1v) is 10.8. The third-order valence-electron chi connectivity index (χ3n) is 4.94. The van der Waals surface area contributed by atoms with Gasteiger partial charge < -0.3 is 14.6 Å². The summed E-state index contributed by atoms with van der Waals surface area (Å²) in [6.07, 6.45) is 1.29. The SMILES string of the molecule is COc1cc(C(=O)NNC(=O)N[C@H](C)c2ncc(-c3cc(Cl)cc(F)c3-c3nnn(C)n3)cc2F)on1. The molecule has 16 heteroatoms. The van der Waals surface area contributed by atoms with Crippen LogP contribution in [0.2, 0.25) is 5.02 Å². The van der Waals surface area contributed by atoms with Crippen LogP contribution in [0.5, 0.6) is 5.88 Å². The minimum Gasteiger partial charge on any atom is -0.479 e. The largest absolute Gasteiger partial charge is 0.479 e. The van der Waals surface area contributed by atoms with Gasteiger partial charge in [0.25, 0.3) is 5.88 Å². The van der Waals surface area contributed by atoms with Crippen LogP contribution in [0.4, 0.5) is 13.6 Å². The first-order chi connectivity index (χ1) is 17.7. The molecule has 3 amide bonds. The molecule has 3 N–H and O–H groups in total. The summed E-state index contributed by atoms with van der Waals surface area (Å²) in [5.41, 5.74) is 4.44. The van der Waals surface area contributed by atoms with Gasteiger partial charge in [0.2, 0.25) is 11.6 Å². The maximum atomic E-state index is 15.0. The van der Waals surface area contributed by atoms with Crippen LogP contribution in [0.15, 0.2) is 35.0 Å². The van der Waals surface area contributed by atoms with Crippen molar-refractivity contribution in [2.24, 2.45) is 7.05 Å². The zero-order valence-electron chi connectivity index (χ0n) is 19.4. The zero-order valence-corrected chi connectivity index (χ0v) is 20.2. The molecular formula is C21H18ClF2N9O4. The van der Waals surface area contributed by atoms with Gasteiger partial charge in [-0.25, -0.2) is 19.0 Å². The smallest absolute Gasteiger partial charge is 0.334 e. The number of halogens is 3. The van der Waals surface area contributed by atoms with Crippen molar-refractivity contribution in [3.63, 3.8) is 0 Å². The first kappa shape index (κ1) is 25.4. The summed E-state index contributed by atoms with van der Waals surface area (Å²) in [6, 6.07) is 3.06. The van der Waals surface area contributed by atoms with Crippen LogP contribution in [-0.2, 0) is 7.05 Å². The number of rotatable bonds is 6. The number of amides is 3. The second-order valence-corrected chi connectivity index (χ2v) is 7.95. The van der Waals surface area contributed by atoms with Crippen molar-refractivity contribution in [3.8, 4) is 28.4 Å². The van der Waals surface area contributed by atoms with Gasteiger partial charge in [-0.15, -0.1) is 10.2 Å². The molecule has 0 aliphatic rings. The highest BCUT2D eigenvalue weighted by Crippen LogP contribution is 2.35. The molecule has 37 heavy (non-hydrogen) atoms. The molecule has 1 atom stereocenters. The Kier molecular flexibility index (Phi) is 7.24. The zero-order chi connectivity index (χ0) is 26.7. The highest BCUT2D eigenvalue weighted by molar-refractivity contribution is 6.31. The van der Waals surface area contributed by atoms with Crippen molar-refractivity contribution >= 4 is 23.5 Å². The second-order valence-electron chi connectivity index (χ2n) is 7.51. The molecule has 0 fully saturated rings. The molecule has 0 radical (unpaired) electrons. The van der Waals surface area contributed by atoms with Gasteiger partial charge in [0, 0.05) is 16.8 Å². The number of hydrazine groups is 1. The van der Waals surface area contributed by atoms with E-state index in [1.54, 1.807) is 0 Å². The minimum atomic E-state index is -0.923. The normalized spacial score (nSPS) is 11.6. The van der Waals surface area contributed by atoms with Crippen LogP contribution >= 0.6 is 11.6 Å². The number of nitrogens with zero attached hydrogens (tertiary/aromatic N) is 6. The fourth-order valence-corrected chi connectivity index (χ4v) is 3.47. The topological polar surface area (TPSA) is 162 Å². The third-order valence-corrected chi connectivity index (χ3v) is 5.15. The van der Waals surface area contributed by atoms with Crippen LogP contribution in [0.1, 0.15) is 29.2 Å². The summed E-state index contributed by atoms with van der Waals surface area (Å²) in [7, 11) is 2.86. The fraction of sp³-hybridized carbons (Fsp3) is 0.190. The molecule has 4 aromatic rings. The van der Waals surface area contributed by atoms with Gasteiger partial charge in [-0.3, -0.25) is 15.2 Å². The van der Waals surface area contributed by atoms with Gasteiger partial charge in [0.1, 0.15) is 11.6 Å². The average molecular weight is 534 g/mol. The number of nitrogens with one attached hydrogen (secondary N) is 3. The number of carbonyl (C=O) groups excluding carboxylic acids is 2. The maximum Gasteiger partial charge on any atom is 0.334 e. The summed E-state index contributed by atoms with van der Waals surface area (Å²) in [4.78, 5) is 29.4. The van der Waals surface area contributed by atoms with Crippen molar-refractivity contribution in [3.05, 3.63) is 58.6 Å². The van der Waals surface area contributed by atoms with Gasteiger partial charge in [-0.05, 0) is 41.1 Å². The summed E-state index contributed by atoms with van der Waals surface area (Å²) < 4.78 is 39.4. The van der Waals surface area contributed by atoms with E-state index in [9.17, 15) is 14.0 Å². The highest BCUT2D eigenvalue weighted by Gasteiger charge is 2.22. The number of aryl methyl sites for hydroxylation is 1. The molecule has 3 heterocycles. The van der Waals surface area contributed by atoms with E-state index >= 15 is 4.39 Å². The molecule has 0 unspecified atom stereocenters. The summed E-state index contributed by atoms with van der Waals surface area (Å²) >= 11 is 6.03. The lowest BCUT2D eigenvalue weighted by molar-refractivity contribution is 0.0898. The molecule has 0 saturated carbocycles. The van der Waals surface area contributed by atoms with Gasteiger partial charge in [-0.1, -0.05) is 11.6 Å². The van der Waals surface area contributed by atoms with Crippen molar-refractivity contribution in [2.45, 2.75) is 13.0 Å². The average Bonchev–Trinajstić information content (AvgIpc) is 3.51. The summed E-state index contributed by atoms with van der Waals surface area (Å²) in [5, 5.41) is 17.5. The number of hydrogen-bond acceptors (Lipinski definition) is 9. The first-order valence-electron chi connectivity index (χ1n) is 10.4. The highest BCUT2D eigenvalue weighted by atomic mass is 35.5. The van der Waals surface area contributed by atoms with Gasteiger partial charge in [0.05, 0.1) is 37.5 Å². The van der Waals surface area contributed by atoms with Crippen molar-refractivity contribution in [2.75, 3.05) is 7.11 Å². The molecular weight excluding hydrogens is 516 g/mol. The second kappa shape index (κ2) is 10.5. The Bertz CT molecular complexity index is 1480. The number of carbonyl (C=O) groups is 2. The number of ether oxygens (including phenoxy) is 1. The van der Waals surface area contributed by atoms with Gasteiger partial charge in [0.15, 0.2) is 0 Å². The monoisotopic (exact) mass is 533 g/mol. The Hall–Kier alpha value is -4.66.